The van der Waals surface area contributed by atoms with Crippen molar-refractivity contribution in [1.82, 2.24) is 0 Å². The molecule has 0 heterocycles. The van der Waals surface area contributed by atoms with Crippen LogP contribution >= 0.6 is 0 Å². The van der Waals surface area contributed by atoms with Crippen LogP contribution in [-0.4, -0.2) is 26.4 Å². The number of ether oxygens (including phenoxy) is 2. The molecule has 0 bridgehead atoms. The summed E-state index contributed by atoms with van der Waals surface area (Å²) < 4.78 is 9.64. The van der Waals surface area contributed by atoms with Gasteiger partial charge in [-0.05, 0) is 13.8 Å². The van der Waals surface area contributed by atoms with Crippen LogP contribution in [0.15, 0.2) is 36.4 Å². The zero-order chi connectivity index (χ0) is 17.2. The molecule has 0 N–H and O–H groups in total. The van der Waals surface area contributed by atoms with Crippen molar-refractivity contribution in [3.05, 3.63) is 57.2 Å². The molecule has 0 unspecified atom stereocenters. The molecule has 0 saturated carbocycles. The minimum absolute atomic E-state index is 0. The van der Waals surface area contributed by atoms with Crippen LogP contribution in [0.2, 0.25) is 0 Å². The van der Waals surface area contributed by atoms with Crippen molar-refractivity contribution in [1.29, 1.82) is 0 Å². The molecular weight excluding hydrogens is 349 g/mol. The van der Waals surface area contributed by atoms with Crippen molar-refractivity contribution in [3.63, 3.8) is 0 Å². The third kappa shape index (κ3) is 59.3. The van der Waals surface area contributed by atoms with Crippen LogP contribution in [-0.2, 0) is 42.2 Å². The second kappa shape index (κ2) is 49.6. The summed E-state index contributed by atoms with van der Waals surface area (Å²) in [6.45, 7) is 23.0. The molecule has 0 spiro atoms. The van der Waals surface area contributed by atoms with Gasteiger partial charge in [-0.2, -0.15) is 13.3 Å². The Labute approximate surface area is 166 Å². The van der Waals surface area contributed by atoms with Gasteiger partial charge in [0.2, 0.25) is 0 Å². The summed E-state index contributed by atoms with van der Waals surface area (Å²) >= 11 is 0. The van der Waals surface area contributed by atoms with E-state index in [0.717, 1.165) is 26.2 Å². The van der Waals surface area contributed by atoms with E-state index in [-0.39, 0.29) is 32.7 Å². The third-order valence-corrected chi connectivity index (χ3v) is 1.51. The van der Waals surface area contributed by atoms with E-state index in [9.17, 15) is 0 Å². The maximum absolute atomic E-state index is 4.92. The zero-order valence-electron chi connectivity index (χ0n) is 15.5. The van der Waals surface area contributed by atoms with Gasteiger partial charge in [-0.25, -0.2) is 0 Å². The summed E-state index contributed by atoms with van der Waals surface area (Å²) in [6.07, 6.45) is 0.883. The summed E-state index contributed by atoms with van der Waals surface area (Å²) in [7, 11) is 0. The fourth-order valence-corrected chi connectivity index (χ4v) is 0.776. The van der Waals surface area contributed by atoms with Gasteiger partial charge in [-0.3, -0.25) is 0 Å². The van der Waals surface area contributed by atoms with E-state index in [1.165, 1.54) is 0 Å². The normalized spacial score (nSPS) is 7.09. The molecule has 0 atom stereocenters. The molecule has 1 aromatic carbocycles. The van der Waals surface area contributed by atoms with Gasteiger partial charge >= 0.3 is 32.7 Å². The molecule has 2 nitrogen and oxygen atoms in total. The SMILES string of the molecule is CC.[CH2-]C.[CH2-]CCOCC.[CH2-]COCC.[Y+3].c1ccccc1. The summed E-state index contributed by atoms with van der Waals surface area (Å²) in [4.78, 5) is 0. The van der Waals surface area contributed by atoms with Gasteiger partial charge in [-0.15, -0.1) is 0 Å². The first kappa shape index (κ1) is 33.8. The molecular formula is C19H37O2Y. The maximum atomic E-state index is 4.92. The fraction of sp³-hybridized carbons (Fsp3) is 0.526. The predicted octanol–water partition coefficient (Wildman–Crippen LogP) is 5.65. The molecule has 0 aromatic heterocycles. The molecule has 1 aromatic rings. The van der Waals surface area contributed by atoms with Crippen LogP contribution in [0.25, 0.3) is 0 Å². The monoisotopic (exact) mass is 386 g/mol. The Hall–Kier alpha value is 0.244. The molecule has 0 fully saturated rings. The van der Waals surface area contributed by atoms with E-state index in [0.29, 0.717) is 6.61 Å². The quantitative estimate of drug-likeness (QED) is 0.481. The van der Waals surface area contributed by atoms with Gasteiger partial charge in [0.15, 0.2) is 0 Å². The van der Waals surface area contributed by atoms with Gasteiger partial charge in [0, 0.05) is 19.8 Å². The second-order valence-corrected chi connectivity index (χ2v) is 2.90. The second-order valence-electron chi connectivity index (χ2n) is 2.90. The van der Waals surface area contributed by atoms with Crippen molar-refractivity contribution in [2.75, 3.05) is 26.4 Å². The molecule has 0 saturated heterocycles. The Balaban J connectivity index is -0.0000000580. The predicted molar refractivity (Wildman–Crippen MR) is 97.1 cm³/mol. The molecule has 0 aliphatic heterocycles. The first-order valence-electron chi connectivity index (χ1n) is 7.78. The van der Waals surface area contributed by atoms with E-state index in [1.54, 1.807) is 6.92 Å². The van der Waals surface area contributed by atoms with Crippen molar-refractivity contribution >= 4 is 0 Å². The molecule has 0 radical (unpaired) electrons. The van der Waals surface area contributed by atoms with Gasteiger partial charge in [-0.1, -0.05) is 56.9 Å². The smallest absolute Gasteiger partial charge is 0.414 e. The summed E-state index contributed by atoms with van der Waals surface area (Å²) in [5, 5.41) is 0. The minimum atomic E-state index is 0. The molecule has 0 aliphatic carbocycles. The molecule has 22 heavy (non-hydrogen) atoms. The van der Waals surface area contributed by atoms with Crippen LogP contribution < -0.4 is 0 Å². The van der Waals surface area contributed by atoms with Crippen LogP contribution in [0, 0.1) is 20.8 Å². The van der Waals surface area contributed by atoms with Crippen molar-refractivity contribution in [3.8, 4) is 0 Å². The fourth-order valence-electron chi connectivity index (χ4n) is 0.776. The van der Waals surface area contributed by atoms with Crippen molar-refractivity contribution < 1.29 is 42.2 Å². The van der Waals surface area contributed by atoms with E-state index < -0.39 is 0 Å². The number of benzene rings is 1. The Morgan fingerprint density at radius 1 is 0.727 bits per heavy atom. The van der Waals surface area contributed by atoms with E-state index in [4.69, 9.17) is 9.47 Å². The average Bonchev–Trinajstić information content (AvgIpc) is 2.60. The Morgan fingerprint density at radius 2 is 1.05 bits per heavy atom. The zero-order valence-corrected chi connectivity index (χ0v) is 18.4. The first-order chi connectivity index (χ1) is 10.3. The topological polar surface area (TPSA) is 18.5 Å². The van der Waals surface area contributed by atoms with Gasteiger partial charge in [0.25, 0.3) is 0 Å². The molecule has 0 amide bonds. The standard InChI is InChI=1S/C6H6.C5H11O.C4H9O.C2H6.C2H5.Y/c1-2-4-6-5-3-1;1-3-5-6-4-2;1-3-5-4-2;2*1-2;/h1-6H;1,3-5H2,2H3;1,3-4H2,2H3;1-2H3;1H2,2H3;/q;2*-1;;-1;+3. The van der Waals surface area contributed by atoms with Crippen LogP contribution in [0.4, 0.5) is 0 Å². The Morgan fingerprint density at radius 3 is 1.14 bits per heavy atom. The largest absolute Gasteiger partial charge is 3.00 e. The van der Waals surface area contributed by atoms with Gasteiger partial charge in [0.05, 0.1) is 0 Å². The number of hydrogen-bond acceptors (Lipinski definition) is 2. The average molecular weight is 386 g/mol. The van der Waals surface area contributed by atoms with Crippen LogP contribution in [0.3, 0.4) is 0 Å². The molecule has 1 rings (SSSR count). The number of hydrogen-bond donors (Lipinski definition) is 0. The van der Waals surface area contributed by atoms with E-state index >= 15 is 0 Å². The molecule has 128 valence electrons. The molecule has 3 heteroatoms. The van der Waals surface area contributed by atoms with E-state index in [1.807, 2.05) is 64.1 Å². The van der Waals surface area contributed by atoms with Crippen molar-refractivity contribution in [2.24, 2.45) is 0 Å². The molecule has 0 aliphatic rings. The summed E-state index contributed by atoms with van der Waals surface area (Å²) in [6, 6.07) is 12.0. The van der Waals surface area contributed by atoms with Crippen LogP contribution in [0.1, 0.15) is 41.0 Å². The van der Waals surface area contributed by atoms with Gasteiger partial charge in [0.1, 0.15) is 0 Å². The summed E-state index contributed by atoms with van der Waals surface area (Å²) in [5.74, 6) is 0. The summed E-state index contributed by atoms with van der Waals surface area (Å²) in [5.41, 5.74) is 0. The first-order valence-corrected chi connectivity index (χ1v) is 7.78. The van der Waals surface area contributed by atoms with E-state index in [2.05, 4.69) is 20.8 Å². The van der Waals surface area contributed by atoms with Gasteiger partial charge < -0.3 is 30.2 Å². The van der Waals surface area contributed by atoms with Crippen molar-refractivity contribution in [2.45, 2.75) is 41.0 Å². The minimum Gasteiger partial charge on any atom is -0.414 e. The van der Waals surface area contributed by atoms with Crippen LogP contribution in [0.5, 0.6) is 0 Å². The number of rotatable bonds is 5. The Bertz CT molecular complexity index is 161. The third-order valence-electron chi connectivity index (χ3n) is 1.51. The Kier molecular flexibility index (Phi) is 76.2. The maximum Gasteiger partial charge on any atom is 3.00 e.